The molecule has 22 heavy (non-hydrogen) atoms. The van der Waals surface area contributed by atoms with Crippen molar-refractivity contribution in [2.75, 3.05) is 50.8 Å². The monoisotopic (exact) mass is 304 g/mol. The zero-order valence-corrected chi connectivity index (χ0v) is 13.9. The molecule has 0 bridgehead atoms. The van der Waals surface area contributed by atoms with Crippen molar-refractivity contribution in [2.24, 2.45) is 0 Å². The van der Waals surface area contributed by atoms with Gasteiger partial charge in [-0.05, 0) is 37.1 Å². The molecule has 0 radical (unpaired) electrons. The molecule has 4 heteroatoms. The van der Waals surface area contributed by atoms with E-state index in [0.717, 1.165) is 57.8 Å². The molecule has 0 saturated carbocycles. The van der Waals surface area contributed by atoms with E-state index in [1.807, 2.05) is 12.1 Å². The molecule has 0 N–H and O–H groups in total. The van der Waals surface area contributed by atoms with Gasteiger partial charge in [0.05, 0.1) is 19.8 Å². The highest BCUT2D eigenvalue weighted by atomic mass is 16.5. The van der Waals surface area contributed by atoms with Crippen molar-refractivity contribution >= 4 is 11.5 Å². The summed E-state index contributed by atoms with van der Waals surface area (Å²) in [7, 11) is 0. The van der Waals surface area contributed by atoms with Crippen molar-refractivity contribution in [3.8, 4) is 0 Å². The molecule has 1 aliphatic rings. The van der Waals surface area contributed by atoms with Gasteiger partial charge in [0.1, 0.15) is 0 Å². The molecule has 2 rings (SSSR count). The lowest BCUT2D eigenvalue weighted by Crippen LogP contribution is -2.39. The lowest BCUT2D eigenvalue weighted by Gasteiger charge is -2.26. The van der Waals surface area contributed by atoms with Crippen LogP contribution in [0.15, 0.2) is 24.3 Å². The SMILES string of the molecule is CCCN(CCC)c1ccc(C(=O)CN2CCOCC2)cc1. The van der Waals surface area contributed by atoms with Crippen LogP contribution in [0.3, 0.4) is 0 Å². The van der Waals surface area contributed by atoms with Gasteiger partial charge in [-0.15, -0.1) is 0 Å². The molecule has 0 aromatic heterocycles. The van der Waals surface area contributed by atoms with Crippen molar-refractivity contribution in [3.63, 3.8) is 0 Å². The van der Waals surface area contributed by atoms with E-state index < -0.39 is 0 Å². The fraction of sp³-hybridized carbons (Fsp3) is 0.611. The number of hydrogen-bond acceptors (Lipinski definition) is 4. The van der Waals surface area contributed by atoms with E-state index in [0.29, 0.717) is 6.54 Å². The Morgan fingerprint density at radius 1 is 1.09 bits per heavy atom. The van der Waals surface area contributed by atoms with Crippen LogP contribution in [0.2, 0.25) is 0 Å². The number of ketones is 1. The maximum Gasteiger partial charge on any atom is 0.176 e. The van der Waals surface area contributed by atoms with Crippen LogP contribution in [0.25, 0.3) is 0 Å². The average Bonchev–Trinajstić information content (AvgIpc) is 2.56. The maximum atomic E-state index is 12.3. The zero-order chi connectivity index (χ0) is 15.8. The number of hydrogen-bond donors (Lipinski definition) is 0. The van der Waals surface area contributed by atoms with Gasteiger partial charge in [0, 0.05) is 37.4 Å². The lowest BCUT2D eigenvalue weighted by molar-refractivity contribution is 0.0371. The highest BCUT2D eigenvalue weighted by Crippen LogP contribution is 2.17. The molecule has 1 saturated heterocycles. The molecule has 0 unspecified atom stereocenters. The Bertz CT molecular complexity index is 447. The van der Waals surface area contributed by atoms with Gasteiger partial charge in [-0.1, -0.05) is 13.8 Å². The minimum Gasteiger partial charge on any atom is -0.379 e. The average molecular weight is 304 g/mol. The highest BCUT2D eigenvalue weighted by molar-refractivity contribution is 5.97. The van der Waals surface area contributed by atoms with E-state index in [-0.39, 0.29) is 5.78 Å². The third kappa shape index (κ3) is 4.82. The number of nitrogens with zero attached hydrogens (tertiary/aromatic N) is 2. The number of anilines is 1. The number of benzene rings is 1. The van der Waals surface area contributed by atoms with Crippen molar-refractivity contribution in [2.45, 2.75) is 26.7 Å². The van der Waals surface area contributed by atoms with Crippen molar-refractivity contribution < 1.29 is 9.53 Å². The fourth-order valence-corrected chi connectivity index (χ4v) is 2.82. The number of ether oxygens (including phenoxy) is 1. The first kappa shape index (κ1) is 17.0. The Kier molecular flexibility index (Phi) is 6.87. The lowest BCUT2D eigenvalue weighted by atomic mass is 10.1. The van der Waals surface area contributed by atoms with E-state index in [1.54, 1.807) is 0 Å². The summed E-state index contributed by atoms with van der Waals surface area (Å²) in [5.74, 6) is 0.200. The summed E-state index contributed by atoms with van der Waals surface area (Å²) in [6, 6.07) is 8.10. The summed E-state index contributed by atoms with van der Waals surface area (Å²) in [4.78, 5) is 16.9. The van der Waals surface area contributed by atoms with Gasteiger partial charge in [-0.25, -0.2) is 0 Å². The predicted molar refractivity (Wildman–Crippen MR) is 90.8 cm³/mol. The predicted octanol–water partition coefficient (Wildman–Crippen LogP) is 2.83. The summed E-state index contributed by atoms with van der Waals surface area (Å²) >= 11 is 0. The molecule has 0 aliphatic carbocycles. The first-order chi connectivity index (χ1) is 10.7. The first-order valence-corrected chi connectivity index (χ1v) is 8.43. The molecule has 1 heterocycles. The van der Waals surface area contributed by atoms with Crippen molar-refractivity contribution in [1.29, 1.82) is 0 Å². The van der Waals surface area contributed by atoms with Crippen LogP contribution in [-0.4, -0.2) is 56.6 Å². The normalized spacial score (nSPS) is 15.7. The third-order valence-electron chi connectivity index (χ3n) is 4.01. The number of morpholine rings is 1. The minimum absolute atomic E-state index is 0.200. The van der Waals surface area contributed by atoms with E-state index in [2.05, 4.69) is 35.8 Å². The molecule has 1 fully saturated rings. The van der Waals surface area contributed by atoms with Crippen LogP contribution >= 0.6 is 0 Å². The van der Waals surface area contributed by atoms with Gasteiger partial charge < -0.3 is 9.64 Å². The van der Waals surface area contributed by atoms with Crippen LogP contribution in [0.5, 0.6) is 0 Å². The molecule has 0 atom stereocenters. The van der Waals surface area contributed by atoms with Gasteiger partial charge >= 0.3 is 0 Å². The molecule has 1 aromatic carbocycles. The van der Waals surface area contributed by atoms with Gasteiger partial charge in [0.25, 0.3) is 0 Å². The van der Waals surface area contributed by atoms with E-state index >= 15 is 0 Å². The number of carbonyl (C=O) groups is 1. The second kappa shape index (κ2) is 8.91. The van der Waals surface area contributed by atoms with Crippen LogP contribution in [0.4, 0.5) is 5.69 Å². The van der Waals surface area contributed by atoms with Crippen LogP contribution in [0, 0.1) is 0 Å². The third-order valence-corrected chi connectivity index (χ3v) is 4.01. The Morgan fingerprint density at radius 3 is 2.23 bits per heavy atom. The number of carbonyl (C=O) groups excluding carboxylic acids is 1. The van der Waals surface area contributed by atoms with Crippen LogP contribution in [0.1, 0.15) is 37.0 Å². The fourth-order valence-electron chi connectivity index (χ4n) is 2.82. The molecule has 122 valence electrons. The summed E-state index contributed by atoms with van der Waals surface area (Å²) in [6.07, 6.45) is 2.27. The molecule has 0 spiro atoms. The van der Waals surface area contributed by atoms with Gasteiger partial charge in [0.2, 0.25) is 0 Å². The molecule has 1 aliphatic heterocycles. The van der Waals surface area contributed by atoms with E-state index in [4.69, 9.17) is 4.74 Å². The van der Waals surface area contributed by atoms with Gasteiger partial charge in [0.15, 0.2) is 5.78 Å². The molecular formula is C18H28N2O2. The largest absolute Gasteiger partial charge is 0.379 e. The Labute approximate surface area is 134 Å². The summed E-state index contributed by atoms with van der Waals surface area (Å²) < 4.78 is 5.32. The van der Waals surface area contributed by atoms with E-state index in [9.17, 15) is 4.79 Å². The standard InChI is InChI=1S/C18H28N2O2/c1-3-9-20(10-4-2)17-7-5-16(6-8-17)18(21)15-19-11-13-22-14-12-19/h5-8H,3-4,9-15H2,1-2H3. The highest BCUT2D eigenvalue weighted by Gasteiger charge is 2.15. The summed E-state index contributed by atoms with van der Waals surface area (Å²) in [5, 5.41) is 0. The Hall–Kier alpha value is -1.39. The molecular weight excluding hydrogens is 276 g/mol. The minimum atomic E-state index is 0.200. The molecule has 4 nitrogen and oxygen atoms in total. The summed E-state index contributed by atoms with van der Waals surface area (Å²) in [6.45, 7) is 10.2. The smallest absolute Gasteiger partial charge is 0.176 e. The van der Waals surface area contributed by atoms with Crippen LogP contribution < -0.4 is 4.90 Å². The number of Topliss-reactive ketones (excluding diaryl/α,β-unsaturated/α-hetero) is 1. The second-order valence-corrected chi connectivity index (χ2v) is 5.85. The van der Waals surface area contributed by atoms with Crippen molar-refractivity contribution in [3.05, 3.63) is 29.8 Å². The second-order valence-electron chi connectivity index (χ2n) is 5.85. The van der Waals surface area contributed by atoms with Crippen LogP contribution in [-0.2, 0) is 4.74 Å². The molecule has 1 aromatic rings. The first-order valence-electron chi connectivity index (χ1n) is 8.43. The summed E-state index contributed by atoms with van der Waals surface area (Å²) in [5.41, 5.74) is 2.02. The van der Waals surface area contributed by atoms with Gasteiger partial charge in [-0.2, -0.15) is 0 Å². The number of rotatable bonds is 8. The van der Waals surface area contributed by atoms with Gasteiger partial charge in [-0.3, -0.25) is 9.69 Å². The molecule has 0 amide bonds. The Morgan fingerprint density at radius 2 is 1.68 bits per heavy atom. The quantitative estimate of drug-likeness (QED) is 0.691. The topological polar surface area (TPSA) is 32.8 Å². The Balaban J connectivity index is 1.96. The zero-order valence-electron chi connectivity index (χ0n) is 13.9. The van der Waals surface area contributed by atoms with Crippen molar-refractivity contribution in [1.82, 2.24) is 4.90 Å². The maximum absolute atomic E-state index is 12.3. The van der Waals surface area contributed by atoms with E-state index in [1.165, 1.54) is 5.69 Å².